The number of methoxy groups -OCH3 is 1. The van der Waals surface area contributed by atoms with Crippen LogP contribution >= 0.6 is 0 Å². The van der Waals surface area contributed by atoms with Gasteiger partial charge in [-0.25, -0.2) is 0 Å². The molecule has 0 aromatic heterocycles. The summed E-state index contributed by atoms with van der Waals surface area (Å²) >= 11 is 0. The van der Waals surface area contributed by atoms with E-state index in [4.69, 9.17) is 10.5 Å². The van der Waals surface area contributed by atoms with Crippen LogP contribution in [0.25, 0.3) is 10.8 Å². The summed E-state index contributed by atoms with van der Waals surface area (Å²) in [5.41, 5.74) is 7.14. The molecule has 0 amide bonds. The van der Waals surface area contributed by atoms with Gasteiger partial charge >= 0.3 is 0 Å². The topological polar surface area (TPSA) is 50.9 Å². The van der Waals surface area contributed by atoms with Crippen molar-refractivity contribution < 1.29 is 4.74 Å². The molecule has 0 saturated carbocycles. The van der Waals surface area contributed by atoms with Crippen molar-refractivity contribution in [1.82, 2.24) is 4.90 Å². The van der Waals surface area contributed by atoms with Crippen molar-refractivity contribution in [3.05, 3.63) is 48.0 Å². The van der Waals surface area contributed by atoms with Crippen LogP contribution in [-0.4, -0.2) is 37.7 Å². The van der Waals surface area contributed by atoms with E-state index in [1.807, 2.05) is 0 Å². The van der Waals surface area contributed by atoms with Crippen molar-refractivity contribution in [2.45, 2.75) is 12.5 Å². The SMILES string of the molecule is COCCN1C(N)=NCC1(C)c1cccc2ccccc12. The number of nitrogens with zero attached hydrogens (tertiary/aromatic N) is 2. The maximum absolute atomic E-state index is 6.10. The highest BCUT2D eigenvalue weighted by Crippen LogP contribution is 2.36. The molecule has 4 heteroatoms. The molecule has 0 fully saturated rings. The molecule has 0 aliphatic carbocycles. The van der Waals surface area contributed by atoms with Gasteiger partial charge in [-0.3, -0.25) is 4.99 Å². The predicted octanol–water partition coefficient (Wildman–Crippen LogP) is 2.33. The molecule has 1 aliphatic heterocycles. The van der Waals surface area contributed by atoms with Crippen LogP contribution in [0.4, 0.5) is 0 Å². The third-order valence-corrected chi connectivity index (χ3v) is 4.31. The smallest absolute Gasteiger partial charge is 0.192 e. The number of guanidine groups is 1. The molecule has 1 heterocycles. The first-order chi connectivity index (χ1) is 10.2. The summed E-state index contributed by atoms with van der Waals surface area (Å²) in [4.78, 5) is 6.62. The van der Waals surface area contributed by atoms with Crippen LogP contribution in [0.15, 0.2) is 47.5 Å². The van der Waals surface area contributed by atoms with Crippen molar-refractivity contribution >= 4 is 16.7 Å². The maximum atomic E-state index is 6.10. The lowest BCUT2D eigenvalue weighted by Gasteiger charge is -2.37. The fourth-order valence-electron chi connectivity index (χ4n) is 3.13. The predicted molar refractivity (Wildman–Crippen MR) is 86.4 cm³/mol. The van der Waals surface area contributed by atoms with Gasteiger partial charge in [0.25, 0.3) is 0 Å². The summed E-state index contributed by atoms with van der Waals surface area (Å²) in [6.07, 6.45) is 0. The van der Waals surface area contributed by atoms with Gasteiger partial charge in [-0.2, -0.15) is 0 Å². The standard InChI is InChI=1S/C17H21N3O/c1-17(12-19-16(18)20(17)10-11-21-2)15-9-5-7-13-6-3-4-8-14(13)15/h3-9H,10-12H2,1-2H3,(H2,18,19). The van der Waals surface area contributed by atoms with Crippen LogP contribution in [0.5, 0.6) is 0 Å². The van der Waals surface area contributed by atoms with E-state index in [1.54, 1.807) is 7.11 Å². The number of nitrogens with two attached hydrogens (primary N) is 1. The van der Waals surface area contributed by atoms with E-state index < -0.39 is 0 Å². The zero-order chi connectivity index (χ0) is 14.9. The molecule has 4 nitrogen and oxygen atoms in total. The Morgan fingerprint density at radius 2 is 2.00 bits per heavy atom. The minimum atomic E-state index is -0.219. The number of aliphatic imine (C=N–C) groups is 1. The van der Waals surface area contributed by atoms with Crippen LogP contribution < -0.4 is 5.73 Å². The van der Waals surface area contributed by atoms with Gasteiger partial charge in [0.15, 0.2) is 5.96 Å². The van der Waals surface area contributed by atoms with Crippen molar-refractivity contribution in [3.63, 3.8) is 0 Å². The van der Waals surface area contributed by atoms with Crippen molar-refractivity contribution in [3.8, 4) is 0 Å². The molecule has 2 aromatic carbocycles. The summed E-state index contributed by atoms with van der Waals surface area (Å²) in [7, 11) is 1.71. The summed E-state index contributed by atoms with van der Waals surface area (Å²) in [6, 6.07) is 14.9. The van der Waals surface area contributed by atoms with Crippen LogP contribution in [-0.2, 0) is 10.3 Å². The molecule has 3 rings (SSSR count). The first-order valence-electron chi connectivity index (χ1n) is 7.21. The number of ether oxygens (including phenoxy) is 1. The first kappa shape index (κ1) is 13.9. The van der Waals surface area contributed by atoms with Gasteiger partial charge in [0, 0.05) is 13.7 Å². The highest BCUT2D eigenvalue weighted by molar-refractivity contribution is 5.89. The zero-order valence-corrected chi connectivity index (χ0v) is 12.5. The van der Waals surface area contributed by atoms with E-state index in [0.29, 0.717) is 19.1 Å². The number of fused-ring (bicyclic) bond motifs is 1. The van der Waals surface area contributed by atoms with Crippen molar-refractivity contribution in [2.75, 3.05) is 26.8 Å². The lowest BCUT2D eigenvalue weighted by atomic mass is 9.87. The normalized spacial score (nSPS) is 21.8. The van der Waals surface area contributed by atoms with Gasteiger partial charge in [-0.05, 0) is 23.3 Å². The van der Waals surface area contributed by atoms with Gasteiger partial charge in [0.1, 0.15) is 0 Å². The Hall–Kier alpha value is -2.07. The number of hydrogen-bond acceptors (Lipinski definition) is 4. The van der Waals surface area contributed by atoms with E-state index >= 15 is 0 Å². The average Bonchev–Trinajstić information content (AvgIpc) is 2.81. The number of rotatable bonds is 4. The molecule has 0 saturated heterocycles. The van der Waals surface area contributed by atoms with E-state index in [9.17, 15) is 0 Å². The molecule has 21 heavy (non-hydrogen) atoms. The Labute approximate surface area is 125 Å². The van der Waals surface area contributed by atoms with E-state index in [1.165, 1.54) is 16.3 Å². The van der Waals surface area contributed by atoms with E-state index in [2.05, 4.69) is 59.3 Å². The second-order valence-corrected chi connectivity index (χ2v) is 5.62. The molecule has 2 aromatic rings. The highest BCUT2D eigenvalue weighted by atomic mass is 16.5. The third kappa shape index (κ3) is 2.25. The molecular weight excluding hydrogens is 262 g/mol. The second-order valence-electron chi connectivity index (χ2n) is 5.62. The van der Waals surface area contributed by atoms with E-state index in [-0.39, 0.29) is 5.54 Å². The molecule has 0 bridgehead atoms. The van der Waals surface area contributed by atoms with Crippen molar-refractivity contribution in [1.29, 1.82) is 0 Å². The molecule has 110 valence electrons. The van der Waals surface area contributed by atoms with Crippen LogP contribution in [0.1, 0.15) is 12.5 Å². The summed E-state index contributed by atoms with van der Waals surface area (Å²) in [6.45, 7) is 4.26. The lowest BCUT2D eigenvalue weighted by Crippen LogP contribution is -2.48. The second kappa shape index (κ2) is 5.37. The minimum Gasteiger partial charge on any atom is -0.383 e. The molecule has 0 spiro atoms. The van der Waals surface area contributed by atoms with Crippen molar-refractivity contribution in [2.24, 2.45) is 10.7 Å². The summed E-state index contributed by atoms with van der Waals surface area (Å²) in [5.74, 6) is 0.600. The summed E-state index contributed by atoms with van der Waals surface area (Å²) in [5, 5.41) is 2.50. The quantitative estimate of drug-likeness (QED) is 0.937. The van der Waals surface area contributed by atoms with Gasteiger partial charge in [-0.15, -0.1) is 0 Å². The maximum Gasteiger partial charge on any atom is 0.192 e. The zero-order valence-electron chi connectivity index (χ0n) is 12.5. The van der Waals surface area contributed by atoms with Gasteiger partial charge in [-0.1, -0.05) is 42.5 Å². The molecule has 1 aliphatic rings. The Bertz CT molecular complexity index is 677. The van der Waals surface area contributed by atoms with E-state index in [0.717, 1.165) is 6.54 Å². The summed E-state index contributed by atoms with van der Waals surface area (Å²) < 4.78 is 5.22. The van der Waals surface area contributed by atoms with Crippen LogP contribution in [0.3, 0.4) is 0 Å². The number of hydrogen-bond donors (Lipinski definition) is 1. The number of benzene rings is 2. The Morgan fingerprint density at radius 3 is 2.81 bits per heavy atom. The lowest BCUT2D eigenvalue weighted by molar-refractivity contribution is 0.137. The van der Waals surface area contributed by atoms with Crippen LogP contribution in [0, 0.1) is 0 Å². The monoisotopic (exact) mass is 283 g/mol. The fraction of sp³-hybridized carbons (Fsp3) is 0.353. The third-order valence-electron chi connectivity index (χ3n) is 4.31. The minimum absolute atomic E-state index is 0.219. The van der Waals surface area contributed by atoms with Gasteiger partial charge < -0.3 is 15.4 Å². The molecule has 1 atom stereocenters. The molecule has 1 unspecified atom stereocenters. The Balaban J connectivity index is 2.08. The average molecular weight is 283 g/mol. The first-order valence-corrected chi connectivity index (χ1v) is 7.21. The fourth-order valence-corrected chi connectivity index (χ4v) is 3.13. The largest absolute Gasteiger partial charge is 0.383 e. The Kier molecular flexibility index (Phi) is 3.55. The van der Waals surface area contributed by atoms with Gasteiger partial charge in [0.2, 0.25) is 0 Å². The molecule has 2 N–H and O–H groups in total. The van der Waals surface area contributed by atoms with Gasteiger partial charge in [0.05, 0.1) is 18.7 Å². The van der Waals surface area contributed by atoms with Crippen LogP contribution in [0.2, 0.25) is 0 Å². The molecule has 0 radical (unpaired) electrons. The highest BCUT2D eigenvalue weighted by Gasteiger charge is 2.40. The Morgan fingerprint density at radius 1 is 1.24 bits per heavy atom. The molecular formula is C17H21N3O.